The van der Waals surface area contributed by atoms with E-state index in [0.717, 1.165) is 12.1 Å². The SMILES string of the molecule is COC(=O)c1ccc(-c2ccc(C(F)(F)F)cc2)n1C. The first-order valence-electron chi connectivity index (χ1n) is 5.76. The molecule has 0 aliphatic rings. The number of ether oxygens (including phenoxy) is 1. The zero-order valence-electron chi connectivity index (χ0n) is 10.9. The van der Waals surface area contributed by atoms with Crippen molar-refractivity contribution in [3.05, 3.63) is 47.7 Å². The minimum atomic E-state index is -4.36. The van der Waals surface area contributed by atoms with Crippen molar-refractivity contribution in [2.24, 2.45) is 7.05 Å². The molecule has 0 fully saturated rings. The number of carbonyl (C=O) groups excluding carboxylic acids is 1. The smallest absolute Gasteiger partial charge is 0.416 e. The van der Waals surface area contributed by atoms with Crippen molar-refractivity contribution in [2.45, 2.75) is 6.18 Å². The Balaban J connectivity index is 2.38. The average molecular weight is 283 g/mol. The lowest BCUT2D eigenvalue weighted by molar-refractivity contribution is -0.137. The molecule has 0 bridgehead atoms. The third-order valence-electron chi connectivity index (χ3n) is 3.02. The minimum Gasteiger partial charge on any atom is -0.464 e. The molecule has 0 unspecified atom stereocenters. The lowest BCUT2D eigenvalue weighted by atomic mass is 10.1. The molecular weight excluding hydrogens is 271 g/mol. The summed E-state index contributed by atoms with van der Waals surface area (Å²) in [4.78, 5) is 11.5. The van der Waals surface area contributed by atoms with Gasteiger partial charge in [-0.2, -0.15) is 13.2 Å². The molecule has 0 amide bonds. The summed E-state index contributed by atoms with van der Waals surface area (Å²) in [6.45, 7) is 0. The fraction of sp³-hybridized carbons (Fsp3) is 0.214. The Kier molecular flexibility index (Phi) is 3.57. The first-order valence-corrected chi connectivity index (χ1v) is 5.76. The molecule has 0 radical (unpaired) electrons. The topological polar surface area (TPSA) is 31.2 Å². The van der Waals surface area contributed by atoms with Crippen molar-refractivity contribution in [3.63, 3.8) is 0 Å². The van der Waals surface area contributed by atoms with Gasteiger partial charge in [0.05, 0.1) is 12.7 Å². The van der Waals surface area contributed by atoms with Crippen LogP contribution < -0.4 is 0 Å². The second-order valence-electron chi connectivity index (χ2n) is 4.23. The van der Waals surface area contributed by atoms with Crippen molar-refractivity contribution in [2.75, 3.05) is 7.11 Å². The van der Waals surface area contributed by atoms with Crippen LogP contribution in [0.4, 0.5) is 13.2 Å². The van der Waals surface area contributed by atoms with Gasteiger partial charge in [0, 0.05) is 12.7 Å². The highest BCUT2D eigenvalue weighted by Crippen LogP contribution is 2.31. The molecule has 20 heavy (non-hydrogen) atoms. The molecule has 1 aromatic heterocycles. The summed E-state index contributed by atoms with van der Waals surface area (Å²) in [5.74, 6) is -0.495. The van der Waals surface area contributed by atoms with Gasteiger partial charge >= 0.3 is 12.1 Å². The van der Waals surface area contributed by atoms with E-state index in [1.165, 1.54) is 19.2 Å². The van der Waals surface area contributed by atoms with Gasteiger partial charge in [0.15, 0.2) is 0 Å². The van der Waals surface area contributed by atoms with Crippen LogP contribution in [0.1, 0.15) is 16.1 Å². The summed E-state index contributed by atoms with van der Waals surface area (Å²) in [7, 11) is 2.92. The monoisotopic (exact) mass is 283 g/mol. The van der Waals surface area contributed by atoms with Crippen LogP contribution in [0.25, 0.3) is 11.3 Å². The molecule has 6 heteroatoms. The van der Waals surface area contributed by atoms with Crippen LogP contribution in [0.15, 0.2) is 36.4 Å². The Labute approximate surface area is 113 Å². The van der Waals surface area contributed by atoms with E-state index < -0.39 is 17.7 Å². The second kappa shape index (κ2) is 5.03. The van der Waals surface area contributed by atoms with Crippen LogP contribution in [0.2, 0.25) is 0 Å². The van der Waals surface area contributed by atoms with E-state index in [0.29, 0.717) is 17.0 Å². The molecule has 0 saturated heterocycles. The Hall–Kier alpha value is -2.24. The number of hydrogen-bond acceptors (Lipinski definition) is 2. The number of benzene rings is 1. The molecule has 0 spiro atoms. The summed E-state index contributed by atoms with van der Waals surface area (Å²) in [6, 6.07) is 8.01. The van der Waals surface area contributed by atoms with Gasteiger partial charge in [0.25, 0.3) is 0 Å². The van der Waals surface area contributed by atoms with Gasteiger partial charge in [0.1, 0.15) is 5.69 Å². The van der Waals surface area contributed by atoms with E-state index in [1.54, 1.807) is 23.7 Å². The first-order chi connectivity index (χ1) is 9.34. The average Bonchev–Trinajstić information content (AvgIpc) is 2.79. The van der Waals surface area contributed by atoms with E-state index in [2.05, 4.69) is 4.74 Å². The maximum atomic E-state index is 12.5. The molecule has 106 valence electrons. The van der Waals surface area contributed by atoms with Crippen LogP contribution in [0.3, 0.4) is 0 Å². The summed E-state index contributed by atoms with van der Waals surface area (Å²) >= 11 is 0. The standard InChI is InChI=1S/C14H12F3NO2/c1-18-11(7-8-12(18)13(19)20-2)9-3-5-10(6-4-9)14(15,16)17/h3-8H,1-2H3. The number of nitrogens with zero attached hydrogens (tertiary/aromatic N) is 1. The Morgan fingerprint density at radius 3 is 2.20 bits per heavy atom. The van der Waals surface area contributed by atoms with Gasteiger partial charge in [-0.3, -0.25) is 0 Å². The largest absolute Gasteiger partial charge is 0.464 e. The zero-order chi connectivity index (χ0) is 14.9. The highest BCUT2D eigenvalue weighted by molar-refractivity contribution is 5.89. The lowest BCUT2D eigenvalue weighted by Gasteiger charge is -2.09. The molecule has 0 aliphatic heterocycles. The fourth-order valence-corrected chi connectivity index (χ4v) is 1.94. The van der Waals surface area contributed by atoms with E-state index >= 15 is 0 Å². The fourth-order valence-electron chi connectivity index (χ4n) is 1.94. The Bertz CT molecular complexity index is 627. The number of alkyl halides is 3. The molecule has 0 N–H and O–H groups in total. The summed E-state index contributed by atoms with van der Waals surface area (Å²) in [5.41, 5.74) is 0.862. The van der Waals surface area contributed by atoms with Gasteiger partial charge in [-0.15, -0.1) is 0 Å². The van der Waals surface area contributed by atoms with Crippen LogP contribution >= 0.6 is 0 Å². The van der Waals surface area contributed by atoms with Gasteiger partial charge in [-0.25, -0.2) is 4.79 Å². The number of aromatic nitrogens is 1. The number of esters is 1. The predicted molar refractivity (Wildman–Crippen MR) is 67.2 cm³/mol. The van der Waals surface area contributed by atoms with E-state index in [4.69, 9.17) is 0 Å². The van der Waals surface area contributed by atoms with Crippen molar-refractivity contribution < 1.29 is 22.7 Å². The molecule has 0 aliphatic carbocycles. The highest BCUT2D eigenvalue weighted by Gasteiger charge is 2.30. The number of rotatable bonds is 2. The molecular formula is C14H12F3NO2. The Morgan fingerprint density at radius 1 is 1.10 bits per heavy atom. The van der Waals surface area contributed by atoms with Gasteiger partial charge in [0.2, 0.25) is 0 Å². The molecule has 1 heterocycles. The van der Waals surface area contributed by atoms with Crippen molar-refractivity contribution in [1.29, 1.82) is 0 Å². The quantitative estimate of drug-likeness (QED) is 0.790. The molecule has 1 aromatic carbocycles. The molecule has 0 atom stereocenters. The molecule has 2 aromatic rings. The maximum Gasteiger partial charge on any atom is 0.416 e. The minimum absolute atomic E-state index is 0.336. The lowest BCUT2D eigenvalue weighted by Crippen LogP contribution is -2.08. The second-order valence-corrected chi connectivity index (χ2v) is 4.23. The van der Waals surface area contributed by atoms with Crippen LogP contribution in [0, 0.1) is 0 Å². The maximum absolute atomic E-state index is 12.5. The van der Waals surface area contributed by atoms with Crippen LogP contribution in [-0.4, -0.2) is 17.6 Å². The van der Waals surface area contributed by atoms with Gasteiger partial charge in [-0.1, -0.05) is 12.1 Å². The number of halogens is 3. The summed E-state index contributed by atoms with van der Waals surface area (Å²) in [5, 5.41) is 0. The van der Waals surface area contributed by atoms with Gasteiger partial charge in [-0.05, 0) is 29.8 Å². The predicted octanol–water partition coefficient (Wildman–Crippen LogP) is 3.50. The molecule has 3 nitrogen and oxygen atoms in total. The van der Waals surface area contributed by atoms with Crippen molar-refractivity contribution in [3.8, 4) is 11.3 Å². The third-order valence-corrected chi connectivity index (χ3v) is 3.02. The zero-order valence-corrected chi connectivity index (χ0v) is 10.9. The molecule has 2 rings (SSSR count). The summed E-state index contributed by atoms with van der Waals surface area (Å²) < 4.78 is 43.7. The number of carbonyl (C=O) groups is 1. The normalized spacial score (nSPS) is 11.4. The van der Waals surface area contributed by atoms with Crippen LogP contribution in [0.5, 0.6) is 0 Å². The first kappa shape index (κ1) is 14.2. The van der Waals surface area contributed by atoms with Crippen LogP contribution in [-0.2, 0) is 18.0 Å². The number of hydrogen-bond donors (Lipinski definition) is 0. The van der Waals surface area contributed by atoms with E-state index in [-0.39, 0.29) is 0 Å². The van der Waals surface area contributed by atoms with E-state index in [9.17, 15) is 18.0 Å². The third kappa shape index (κ3) is 2.54. The molecule has 0 saturated carbocycles. The Morgan fingerprint density at radius 2 is 1.70 bits per heavy atom. The highest BCUT2D eigenvalue weighted by atomic mass is 19.4. The van der Waals surface area contributed by atoms with E-state index in [1.807, 2.05) is 0 Å². The van der Waals surface area contributed by atoms with Gasteiger partial charge < -0.3 is 9.30 Å². The van der Waals surface area contributed by atoms with Crippen molar-refractivity contribution in [1.82, 2.24) is 4.57 Å². The number of methoxy groups -OCH3 is 1. The van der Waals surface area contributed by atoms with Crippen molar-refractivity contribution >= 4 is 5.97 Å². The summed E-state index contributed by atoms with van der Waals surface area (Å²) in [6.07, 6.45) is -4.36.